The lowest BCUT2D eigenvalue weighted by molar-refractivity contribution is -0.138. The summed E-state index contributed by atoms with van der Waals surface area (Å²) < 4.78 is 0. The molecule has 2 aliphatic rings. The van der Waals surface area contributed by atoms with Gasteiger partial charge in [0, 0.05) is 44.5 Å². The molecule has 5 nitrogen and oxygen atoms in total. The number of amides is 1. The molecule has 1 aromatic rings. The summed E-state index contributed by atoms with van der Waals surface area (Å²) in [5.41, 5.74) is 2.52. The largest absolute Gasteiger partial charge is 0.384 e. The van der Waals surface area contributed by atoms with Crippen LogP contribution in [0.5, 0.6) is 0 Å². The van der Waals surface area contributed by atoms with Crippen molar-refractivity contribution in [1.82, 2.24) is 9.88 Å². The van der Waals surface area contributed by atoms with Gasteiger partial charge in [-0.2, -0.15) is 0 Å². The van der Waals surface area contributed by atoms with Crippen molar-refractivity contribution < 1.29 is 9.90 Å². The zero-order chi connectivity index (χ0) is 14.3. The maximum atomic E-state index is 11.8. The van der Waals surface area contributed by atoms with Crippen molar-refractivity contribution in [1.29, 1.82) is 0 Å². The third-order valence-corrected chi connectivity index (χ3v) is 4.43. The smallest absolute Gasteiger partial charge is 0.251 e. The van der Waals surface area contributed by atoms with Gasteiger partial charge >= 0.3 is 0 Å². The minimum atomic E-state index is -0.896. The van der Waals surface area contributed by atoms with Crippen LogP contribution in [0.1, 0.15) is 13.3 Å². The Hall–Kier alpha value is -1.75. The van der Waals surface area contributed by atoms with Crippen molar-refractivity contribution in [2.45, 2.75) is 25.5 Å². The van der Waals surface area contributed by atoms with E-state index in [1.54, 1.807) is 4.90 Å². The maximum Gasteiger partial charge on any atom is 0.251 e. The van der Waals surface area contributed by atoms with Crippen LogP contribution < -0.4 is 4.90 Å². The molecule has 5 heteroatoms. The van der Waals surface area contributed by atoms with Gasteiger partial charge in [0.1, 0.15) is 6.10 Å². The van der Waals surface area contributed by atoms with Gasteiger partial charge in [-0.1, -0.05) is 6.08 Å². The molecular weight excluding hydrogens is 254 g/mol. The Morgan fingerprint density at radius 3 is 3.00 bits per heavy atom. The zero-order valence-electron chi connectivity index (χ0n) is 11.9. The quantitative estimate of drug-likeness (QED) is 0.809. The number of aliphatic hydroxyl groups is 1. The lowest BCUT2D eigenvalue weighted by Crippen LogP contribution is -2.37. The Kier molecular flexibility index (Phi) is 3.30. The van der Waals surface area contributed by atoms with Crippen molar-refractivity contribution in [2.75, 3.05) is 25.0 Å². The Bertz CT molecular complexity index is 521. The van der Waals surface area contributed by atoms with E-state index < -0.39 is 6.10 Å². The third-order valence-electron chi connectivity index (χ3n) is 4.43. The molecule has 2 N–H and O–H groups in total. The first-order valence-electron chi connectivity index (χ1n) is 7.09. The number of nitrogens with zero attached hydrogens (tertiary/aromatic N) is 2. The molecule has 1 aromatic heterocycles. The molecule has 2 unspecified atom stereocenters. The Labute approximate surface area is 118 Å². The predicted molar refractivity (Wildman–Crippen MR) is 77.4 cm³/mol. The lowest BCUT2D eigenvalue weighted by atomic mass is 10.0. The van der Waals surface area contributed by atoms with E-state index in [9.17, 15) is 9.90 Å². The van der Waals surface area contributed by atoms with Crippen LogP contribution in [0, 0.1) is 5.92 Å². The van der Waals surface area contributed by atoms with E-state index in [0.717, 1.165) is 13.0 Å². The Balaban J connectivity index is 1.68. The fraction of sp³-hybridized carbons (Fsp3) is 0.533. The minimum Gasteiger partial charge on any atom is -0.384 e. The van der Waals surface area contributed by atoms with Gasteiger partial charge in [-0.15, -0.1) is 0 Å². The van der Waals surface area contributed by atoms with Gasteiger partial charge in [0.25, 0.3) is 5.91 Å². The molecule has 108 valence electrons. The molecule has 1 aliphatic carbocycles. The molecule has 3 rings (SSSR count). The molecule has 0 saturated carbocycles. The van der Waals surface area contributed by atoms with Crippen LogP contribution in [0.15, 0.2) is 30.1 Å². The second-order valence-electron chi connectivity index (χ2n) is 5.82. The Morgan fingerprint density at radius 2 is 2.40 bits per heavy atom. The van der Waals surface area contributed by atoms with Crippen molar-refractivity contribution in [3.63, 3.8) is 0 Å². The van der Waals surface area contributed by atoms with Gasteiger partial charge in [0.15, 0.2) is 0 Å². The Morgan fingerprint density at radius 1 is 1.60 bits per heavy atom. The van der Waals surface area contributed by atoms with E-state index in [4.69, 9.17) is 0 Å². The molecule has 0 aromatic carbocycles. The number of aliphatic hydroxyl groups excluding tert-OH is 1. The van der Waals surface area contributed by atoms with Crippen molar-refractivity contribution in [2.24, 2.45) is 5.92 Å². The molecule has 20 heavy (non-hydrogen) atoms. The van der Waals surface area contributed by atoms with E-state index in [1.165, 1.54) is 18.2 Å². The first-order valence-corrected chi connectivity index (χ1v) is 7.09. The van der Waals surface area contributed by atoms with Crippen LogP contribution in [0.2, 0.25) is 0 Å². The number of aromatic amines is 1. The van der Waals surface area contributed by atoms with Crippen LogP contribution in [-0.4, -0.2) is 53.2 Å². The van der Waals surface area contributed by atoms with Gasteiger partial charge in [-0.05, 0) is 25.0 Å². The summed E-state index contributed by atoms with van der Waals surface area (Å²) in [6.45, 7) is 2.95. The molecule has 2 heterocycles. The normalized spacial score (nSPS) is 26.4. The summed E-state index contributed by atoms with van der Waals surface area (Å²) in [5, 5.41) is 9.39. The highest BCUT2D eigenvalue weighted by atomic mass is 16.3. The van der Waals surface area contributed by atoms with Crippen molar-refractivity contribution >= 4 is 11.6 Å². The predicted octanol–water partition coefficient (Wildman–Crippen LogP) is 0.989. The summed E-state index contributed by atoms with van der Waals surface area (Å²) >= 11 is 0. The fourth-order valence-electron chi connectivity index (χ4n) is 3.25. The number of H-pyrrole nitrogens is 1. The van der Waals surface area contributed by atoms with E-state index in [1.807, 2.05) is 12.4 Å². The van der Waals surface area contributed by atoms with E-state index in [2.05, 4.69) is 29.1 Å². The topological polar surface area (TPSA) is 59.6 Å². The summed E-state index contributed by atoms with van der Waals surface area (Å²) in [4.78, 5) is 18.9. The summed E-state index contributed by atoms with van der Waals surface area (Å²) in [6.07, 6.45) is 6.36. The number of nitrogens with one attached hydrogen (secondary N) is 1. The van der Waals surface area contributed by atoms with Gasteiger partial charge < -0.3 is 19.9 Å². The van der Waals surface area contributed by atoms with E-state index in [-0.39, 0.29) is 5.91 Å². The van der Waals surface area contributed by atoms with Gasteiger partial charge in [-0.25, -0.2) is 0 Å². The minimum absolute atomic E-state index is 0.157. The summed E-state index contributed by atoms with van der Waals surface area (Å²) in [5.74, 6) is 0.292. The second-order valence-corrected chi connectivity index (χ2v) is 5.82. The van der Waals surface area contributed by atoms with Crippen LogP contribution in [0.25, 0.3) is 0 Å². The number of hydrogen-bond donors (Lipinski definition) is 2. The van der Waals surface area contributed by atoms with E-state index >= 15 is 0 Å². The monoisotopic (exact) mass is 275 g/mol. The summed E-state index contributed by atoms with van der Waals surface area (Å²) in [7, 11) is 2.10. The van der Waals surface area contributed by atoms with E-state index in [0.29, 0.717) is 18.5 Å². The molecule has 1 amide bonds. The molecule has 0 spiro atoms. The summed E-state index contributed by atoms with van der Waals surface area (Å²) in [6, 6.07) is 2.46. The number of carbonyl (C=O) groups is 1. The molecular formula is C15H21N3O2. The zero-order valence-corrected chi connectivity index (χ0v) is 11.9. The van der Waals surface area contributed by atoms with Crippen LogP contribution >= 0.6 is 0 Å². The standard InChI is InChI=1S/C15H21N3O2/c1-10(19)15(20)18-8-11-5-14(6-12(11)9-18)17(2)13-3-4-16-7-13/h3-5,7,10,12,14,16,19H,6,8-9H2,1-2H3/t10-,12?,14?/m0/s1. The molecule has 0 bridgehead atoms. The second kappa shape index (κ2) is 4.98. The highest BCUT2D eigenvalue weighted by Gasteiger charge is 2.38. The SMILES string of the molecule is C[C@H](O)C(=O)N1CC2=CC(N(C)c3cc[nH]c3)CC2C1. The highest BCUT2D eigenvalue weighted by molar-refractivity contribution is 5.81. The maximum absolute atomic E-state index is 11.8. The molecule has 1 fully saturated rings. The first-order chi connectivity index (χ1) is 9.56. The third kappa shape index (κ3) is 2.22. The number of anilines is 1. The average Bonchev–Trinajstić information content (AvgIpc) is 3.11. The molecule has 1 saturated heterocycles. The highest BCUT2D eigenvalue weighted by Crippen LogP contribution is 2.36. The van der Waals surface area contributed by atoms with Gasteiger partial charge in [0.05, 0.1) is 5.69 Å². The van der Waals surface area contributed by atoms with Crippen LogP contribution in [0.4, 0.5) is 5.69 Å². The van der Waals surface area contributed by atoms with Crippen LogP contribution in [0.3, 0.4) is 0 Å². The number of carbonyl (C=O) groups excluding carboxylic acids is 1. The number of aromatic nitrogens is 1. The number of likely N-dealkylation sites (tertiary alicyclic amines) is 1. The number of likely N-dealkylation sites (N-methyl/N-ethyl adjacent to an activating group) is 1. The number of hydrogen-bond acceptors (Lipinski definition) is 3. The lowest BCUT2D eigenvalue weighted by Gasteiger charge is -2.26. The van der Waals surface area contributed by atoms with Crippen molar-refractivity contribution in [3.8, 4) is 0 Å². The fourth-order valence-corrected chi connectivity index (χ4v) is 3.25. The van der Waals surface area contributed by atoms with Crippen molar-refractivity contribution in [3.05, 3.63) is 30.1 Å². The first kappa shape index (κ1) is 13.2. The van der Waals surface area contributed by atoms with Gasteiger partial charge in [-0.3, -0.25) is 4.79 Å². The molecule has 3 atom stereocenters. The number of rotatable bonds is 3. The number of fused-ring (bicyclic) bond motifs is 1. The van der Waals surface area contributed by atoms with Gasteiger partial charge in [0.2, 0.25) is 0 Å². The van der Waals surface area contributed by atoms with Crippen LogP contribution in [-0.2, 0) is 4.79 Å². The molecule has 1 aliphatic heterocycles. The average molecular weight is 275 g/mol. The molecule has 0 radical (unpaired) electrons.